The van der Waals surface area contributed by atoms with Crippen LogP contribution in [0.3, 0.4) is 0 Å². The van der Waals surface area contributed by atoms with E-state index >= 15 is 0 Å². The van der Waals surface area contributed by atoms with Crippen LogP contribution in [0.15, 0.2) is 6.33 Å². The topological polar surface area (TPSA) is 113 Å². The Bertz CT molecular complexity index is 447. The van der Waals surface area contributed by atoms with Gasteiger partial charge in [0.2, 0.25) is 11.6 Å². The van der Waals surface area contributed by atoms with E-state index in [4.69, 9.17) is 0 Å². The van der Waals surface area contributed by atoms with E-state index in [2.05, 4.69) is 20.6 Å². The monoisotopic (exact) mass is 255 g/mol. The number of aliphatic hydroxyl groups is 1. The fourth-order valence-electron chi connectivity index (χ4n) is 1.24. The molecule has 3 N–H and O–H groups in total. The van der Waals surface area contributed by atoms with Crippen molar-refractivity contribution >= 4 is 17.3 Å². The van der Waals surface area contributed by atoms with Gasteiger partial charge in [-0.2, -0.15) is 0 Å². The zero-order valence-electron chi connectivity index (χ0n) is 10.8. The quantitative estimate of drug-likeness (QED) is 0.531. The Morgan fingerprint density at radius 2 is 2.00 bits per heavy atom. The molecular formula is C10H17N5O3. The zero-order valence-corrected chi connectivity index (χ0v) is 10.8. The molecule has 0 spiro atoms. The van der Waals surface area contributed by atoms with Crippen molar-refractivity contribution in [2.24, 2.45) is 0 Å². The molecule has 0 fully saturated rings. The lowest BCUT2D eigenvalue weighted by Gasteiger charge is -2.29. The summed E-state index contributed by atoms with van der Waals surface area (Å²) in [4.78, 5) is 18.1. The Kier molecular flexibility index (Phi) is 4.02. The number of nitrogens with zero attached hydrogens (tertiary/aromatic N) is 3. The minimum atomic E-state index is -0.746. The molecule has 0 bridgehead atoms. The normalized spacial score (nSPS) is 12.9. The summed E-state index contributed by atoms with van der Waals surface area (Å²) >= 11 is 0. The van der Waals surface area contributed by atoms with Crippen molar-refractivity contribution in [3.63, 3.8) is 0 Å². The molecule has 0 aromatic carbocycles. The molecular weight excluding hydrogens is 238 g/mol. The van der Waals surface area contributed by atoms with Gasteiger partial charge in [-0.15, -0.1) is 0 Å². The molecule has 0 aliphatic rings. The molecule has 0 aliphatic carbocycles. The van der Waals surface area contributed by atoms with Gasteiger partial charge in [0.1, 0.15) is 6.33 Å². The highest BCUT2D eigenvalue weighted by Gasteiger charge is 2.30. The van der Waals surface area contributed by atoms with E-state index in [1.165, 1.54) is 6.33 Å². The molecule has 0 saturated carbocycles. The van der Waals surface area contributed by atoms with Crippen LogP contribution in [0, 0.1) is 10.1 Å². The maximum atomic E-state index is 11.0. The molecule has 1 aromatic rings. The Hall–Kier alpha value is -1.96. The molecule has 1 unspecified atom stereocenters. The maximum Gasteiger partial charge on any atom is 0.353 e. The van der Waals surface area contributed by atoms with Crippen LogP contribution in [-0.4, -0.2) is 38.7 Å². The summed E-state index contributed by atoms with van der Waals surface area (Å²) in [7, 11) is 1.54. The number of nitrogens with one attached hydrogen (secondary N) is 2. The average molecular weight is 255 g/mol. The first kappa shape index (κ1) is 14.1. The van der Waals surface area contributed by atoms with Gasteiger partial charge in [0.05, 0.1) is 16.6 Å². The molecule has 1 aromatic heterocycles. The van der Waals surface area contributed by atoms with Crippen LogP contribution in [0.4, 0.5) is 17.3 Å². The van der Waals surface area contributed by atoms with E-state index in [1.807, 2.05) is 0 Å². The Labute approximate surface area is 105 Å². The van der Waals surface area contributed by atoms with Crippen molar-refractivity contribution in [2.45, 2.75) is 32.4 Å². The van der Waals surface area contributed by atoms with Gasteiger partial charge in [-0.05, 0) is 20.8 Å². The Morgan fingerprint density at radius 3 is 2.44 bits per heavy atom. The molecule has 8 heteroatoms. The van der Waals surface area contributed by atoms with Crippen molar-refractivity contribution < 1.29 is 10.0 Å². The molecule has 100 valence electrons. The summed E-state index contributed by atoms with van der Waals surface area (Å²) in [6.07, 6.45) is 0.518. The average Bonchev–Trinajstić information content (AvgIpc) is 2.27. The fourth-order valence-corrected chi connectivity index (χ4v) is 1.24. The SMILES string of the molecule is CNc1ncnc(NC(C)(C)C(C)O)c1[N+](=O)[O-]. The lowest BCUT2D eigenvalue weighted by atomic mass is 9.99. The van der Waals surface area contributed by atoms with Crippen LogP contribution in [0.5, 0.6) is 0 Å². The van der Waals surface area contributed by atoms with E-state index in [0.29, 0.717) is 0 Å². The van der Waals surface area contributed by atoms with E-state index in [9.17, 15) is 15.2 Å². The number of hydrogen-bond donors (Lipinski definition) is 3. The Morgan fingerprint density at radius 1 is 1.44 bits per heavy atom. The summed E-state index contributed by atoms with van der Waals surface area (Å²) in [5.41, 5.74) is -0.988. The minimum Gasteiger partial charge on any atom is -0.391 e. The number of nitro groups is 1. The third kappa shape index (κ3) is 2.83. The fraction of sp³-hybridized carbons (Fsp3) is 0.600. The largest absolute Gasteiger partial charge is 0.391 e. The molecule has 0 aliphatic heterocycles. The van der Waals surface area contributed by atoms with Gasteiger partial charge in [-0.25, -0.2) is 9.97 Å². The molecule has 18 heavy (non-hydrogen) atoms. The second-order valence-corrected chi connectivity index (χ2v) is 4.45. The van der Waals surface area contributed by atoms with Crippen molar-refractivity contribution in [1.82, 2.24) is 9.97 Å². The molecule has 0 saturated heterocycles. The molecule has 8 nitrogen and oxygen atoms in total. The summed E-state index contributed by atoms with van der Waals surface area (Å²) in [6, 6.07) is 0. The summed E-state index contributed by atoms with van der Waals surface area (Å²) in [6.45, 7) is 5.05. The van der Waals surface area contributed by atoms with Crippen LogP contribution in [0.2, 0.25) is 0 Å². The van der Waals surface area contributed by atoms with Crippen LogP contribution in [0.25, 0.3) is 0 Å². The summed E-state index contributed by atoms with van der Waals surface area (Å²) in [5, 5.41) is 26.1. The van der Waals surface area contributed by atoms with Gasteiger partial charge in [0.25, 0.3) is 0 Å². The molecule has 0 radical (unpaired) electrons. The number of aromatic nitrogens is 2. The lowest BCUT2D eigenvalue weighted by Crippen LogP contribution is -2.42. The first-order chi connectivity index (χ1) is 8.29. The second kappa shape index (κ2) is 5.13. The highest BCUT2D eigenvalue weighted by Crippen LogP contribution is 2.30. The smallest absolute Gasteiger partial charge is 0.353 e. The van der Waals surface area contributed by atoms with Crippen LogP contribution >= 0.6 is 0 Å². The highest BCUT2D eigenvalue weighted by atomic mass is 16.6. The van der Waals surface area contributed by atoms with E-state index in [1.54, 1.807) is 27.8 Å². The standard InChI is InChI=1S/C10H17N5O3/c1-6(16)10(2,3)14-9-7(15(17)18)8(11-4)12-5-13-9/h5-6,16H,1-4H3,(H2,11,12,13,14). The van der Waals surface area contributed by atoms with Crippen LogP contribution < -0.4 is 10.6 Å². The number of hydrogen-bond acceptors (Lipinski definition) is 7. The predicted octanol–water partition coefficient (Wildman–Crippen LogP) is 0.998. The van der Waals surface area contributed by atoms with E-state index in [-0.39, 0.29) is 17.3 Å². The second-order valence-electron chi connectivity index (χ2n) is 4.45. The first-order valence-corrected chi connectivity index (χ1v) is 5.43. The Balaban J connectivity index is 3.21. The zero-order chi connectivity index (χ0) is 13.9. The number of anilines is 2. The highest BCUT2D eigenvalue weighted by molar-refractivity contribution is 5.69. The van der Waals surface area contributed by atoms with E-state index in [0.717, 1.165) is 0 Å². The molecule has 1 heterocycles. The third-order valence-corrected chi connectivity index (χ3v) is 2.73. The van der Waals surface area contributed by atoms with Gasteiger partial charge in [0, 0.05) is 7.05 Å². The molecule has 0 amide bonds. The molecule has 1 atom stereocenters. The van der Waals surface area contributed by atoms with Gasteiger partial charge >= 0.3 is 5.69 Å². The first-order valence-electron chi connectivity index (χ1n) is 5.43. The summed E-state index contributed by atoms with van der Waals surface area (Å²) < 4.78 is 0. The van der Waals surface area contributed by atoms with Crippen LogP contribution in [0.1, 0.15) is 20.8 Å². The van der Waals surface area contributed by atoms with E-state index < -0.39 is 16.6 Å². The van der Waals surface area contributed by atoms with Gasteiger partial charge < -0.3 is 15.7 Å². The number of aliphatic hydroxyl groups excluding tert-OH is 1. The van der Waals surface area contributed by atoms with Crippen molar-refractivity contribution in [3.05, 3.63) is 16.4 Å². The van der Waals surface area contributed by atoms with Crippen LogP contribution in [-0.2, 0) is 0 Å². The van der Waals surface area contributed by atoms with Crippen molar-refractivity contribution in [2.75, 3.05) is 17.7 Å². The maximum absolute atomic E-state index is 11.0. The van der Waals surface area contributed by atoms with Crippen molar-refractivity contribution in [1.29, 1.82) is 0 Å². The number of rotatable bonds is 5. The predicted molar refractivity (Wildman–Crippen MR) is 67.6 cm³/mol. The van der Waals surface area contributed by atoms with Gasteiger partial charge in [0.15, 0.2) is 0 Å². The lowest BCUT2D eigenvalue weighted by molar-refractivity contribution is -0.383. The minimum absolute atomic E-state index is 0.0743. The van der Waals surface area contributed by atoms with Gasteiger partial charge in [-0.1, -0.05) is 0 Å². The van der Waals surface area contributed by atoms with Gasteiger partial charge in [-0.3, -0.25) is 10.1 Å². The molecule has 1 rings (SSSR count). The third-order valence-electron chi connectivity index (χ3n) is 2.73. The van der Waals surface area contributed by atoms with Crippen molar-refractivity contribution in [3.8, 4) is 0 Å². The summed E-state index contributed by atoms with van der Waals surface area (Å²) in [5.74, 6) is 0.198.